The fraction of sp³-hybridized carbons (Fsp3) is 0.927. The van der Waals surface area contributed by atoms with E-state index in [1.165, 1.54) is 0 Å². The lowest BCUT2D eigenvalue weighted by atomic mass is 9.32. The van der Waals surface area contributed by atoms with Gasteiger partial charge >= 0.3 is 5.97 Å². The number of rotatable bonds is 6. The summed E-state index contributed by atoms with van der Waals surface area (Å²) in [6, 6.07) is 0. The van der Waals surface area contributed by atoms with Crippen molar-refractivity contribution in [2.75, 3.05) is 13.2 Å². The molecule has 2 heterocycles. The zero-order valence-electron chi connectivity index (χ0n) is 32.5. The molecule has 19 atom stereocenters. The molecule has 0 aromatic rings. The van der Waals surface area contributed by atoms with Crippen LogP contribution in [0.3, 0.4) is 0 Å². The van der Waals surface area contributed by atoms with Crippen LogP contribution >= 0.6 is 0 Å². The third kappa shape index (κ3) is 5.77. The van der Waals surface area contributed by atoms with E-state index in [0.29, 0.717) is 24.7 Å². The number of allylic oxidation sites excluding steroid dienone is 1. The van der Waals surface area contributed by atoms with Gasteiger partial charge in [-0.3, -0.25) is 4.79 Å². The first-order chi connectivity index (χ1) is 24.8. The van der Waals surface area contributed by atoms with Crippen LogP contribution in [0.5, 0.6) is 0 Å². The molecular formula is C41H66O12. The molecule has 5 saturated carbocycles. The summed E-state index contributed by atoms with van der Waals surface area (Å²) in [7, 11) is 0. The van der Waals surface area contributed by atoms with Gasteiger partial charge in [0.2, 0.25) is 6.29 Å². The molecule has 0 bridgehead atoms. The molecule has 53 heavy (non-hydrogen) atoms. The van der Waals surface area contributed by atoms with Gasteiger partial charge in [-0.15, -0.1) is 0 Å². The van der Waals surface area contributed by atoms with Crippen LogP contribution in [-0.4, -0.2) is 116 Å². The lowest BCUT2D eigenvalue weighted by Gasteiger charge is -2.73. The highest BCUT2D eigenvalue weighted by Crippen LogP contribution is 2.77. The third-order valence-corrected chi connectivity index (χ3v) is 17.2. The number of aliphatic hydroxyl groups is 7. The minimum Gasteiger partial charge on any atom is -0.432 e. The molecule has 5 unspecified atom stereocenters. The van der Waals surface area contributed by atoms with Crippen molar-refractivity contribution < 1.29 is 59.5 Å². The molecule has 7 N–H and O–H groups in total. The Hall–Kier alpha value is -1.19. The zero-order valence-corrected chi connectivity index (χ0v) is 32.5. The molecule has 0 radical (unpaired) electrons. The number of carbonyl (C=O) groups excluding carboxylic acids is 1. The topological polar surface area (TPSA) is 196 Å². The Balaban J connectivity index is 1.14. The monoisotopic (exact) mass is 750 g/mol. The minimum atomic E-state index is -1.64. The van der Waals surface area contributed by atoms with Crippen molar-refractivity contribution in [2.45, 2.75) is 167 Å². The number of esters is 1. The zero-order chi connectivity index (χ0) is 38.6. The van der Waals surface area contributed by atoms with Gasteiger partial charge in [0, 0.05) is 0 Å². The van der Waals surface area contributed by atoms with Crippen molar-refractivity contribution in [2.24, 2.45) is 56.7 Å². The van der Waals surface area contributed by atoms with Gasteiger partial charge in [0.15, 0.2) is 6.29 Å². The van der Waals surface area contributed by atoms with Crippen LogP contribution in [0.25, 0.3) is 0 Å². The van der Waals surface area contributed by atoms with E-state index >= 15 is 0 Å². The van der Waals surface area contributed by atoms with Crippen LogP contribution in [0.1, 0.15) is 106 Å². The Morgan fingerprint density at radius 3 is 2.13 bits per heavy atom. The van der Waals surface area contributed by atoms with Crippen molar-refractivity contribution in [3.05, 3.63) is 12.2 Å². The highest BCUT2D eigenvalue weighted by molar-refractivity contribution is 5.78. The number of hydrogen-bond acceptors (Lipinski definition) is 12. The molecule has 7 rings (SSSR count). The molecule has 12 heteroatoms. The van der Waals surface area contributed by atoms with Gasteiger partial charge < -0.3 is 54.7 Å². The first-order valence-electron chi connectivity index (χ1n) is 20.3. The highest BCUT2D eigenvalue weighted by Gasteiger charge is 2.72. The molecule has 5 aliphatic carbocycles. The van der Waals surface area contributed by atoms with E-state index in [4.69, 9.17) is 18.9 Å². The summed E-state index contributed by atoms with van der Waals surface area (Å²) >= 11 is 0. The SMILES string of the molecule is C=C(C)C1CC[C@]2(C(=O)O[C@@H]3O[C@H](CO)[C@@H](O)[C@H](O)[C@H]3O)CC[C@]3(C)C(CCC4[C@@]5(C)CC[C@H](O[C@H]6OC[C@H](O)[C@H](O)[C@H]6O)C(C)(C)C5CC[C@]43C)C12. The molecule has 12 nitrogen and oxygen atoms in total. The quantitative estimate of drug-likeness (QED) is 0.119. The number of aliphatic hydroxyl groups excluding tert-OH is 7. The second-order valence-corrected chi connectivity index (χ2v) is 19.7. The Morgan fingerprint density at radius 2 is 1.45 bits per heavy atom. The summed E-state index contributed by atoms with van der Waals surface area (Å²) in [4.78, 5) is 14.5. The van der Waals surface area contributed by atoms with Gasteiger partial charge in [0.25, 0.3) is 0 Å². The molecular weight excluding hydrogens is 684 g/mol. The average Bonchev–Trinajstić information content (AvgIpc) is 3.51. The van der Waals surface area contributed by atoms with Crippen LogP contribution in [0.4, 0.5) is 0 Å². The second-order valence-electron chi connectivity index (χ2n) is 19.7. The van der Waals surface area contributed by atoms with Crippen LogP contribution in [0, 0.1) is 56.7 Å². The van der Waals surface area contributed by atoms with Crippen LogP contribution in [-0.2, 0) is 23.7 Å². The van der Waals surface area contributed by atoms with Gasteiger partial charge in [-0.25, -0.2) is 0 Å². The Labute approximate surface area is 314 Å². The van der Waals surface area contributed by atoms with E-state index in [2.05, 4.69) is 48.1 Å². The molecule has 0 aromatic carbocycles. The van der Waals surface area contributed by atoms with Crippen molar-refractivity contribution in [3.8, 4) is 0 Å². The molecule has 302 valence electrons. The standard InChI is InChI=1S/C41H66O12/c1-20(2)21-10-15-41(36(49)53-35-33(48)31(46)30(45)24(18-42)51-35)17-16-39(6)22(28(21)41)8-9-26-38(5)13-12-27(37(3,4)25(38)11-14-40(26,39)7)52-34-32(47)29(44)23(43)19-50-34/h21-35,42-48H,1,8-19H2,2-7H3/t21?,22?,23-,24+,25?,26?,27-,28?,29-,30+,31-,32+,33+,34+,35-,38-,39+,40+,41-/m0/s1. The summed E-state index contributed by atoms with van der Waals surface area (Å²) < 4.78 is 23.8. The molecule has 2 aliphatic heterocycles. The highest BCUT2D eigenvalue weighted by atomic mass is 16.7. The van der Waals surface area contributed by atoms with E-state index in [-0.39, 0.29) is 52.1 Å². The van der Waals surface area contributed by atoms with Crippen LogP contribution < -0.4 is 0 Å². The molecule has 0 aromatic heterocycles. The largest absolute Gasteiger partial charge is 0.432 e. The second kappa shape index (κ2) is 13.7. The number of fused-ring (bicyclic) bond motifs is 7. The van der Waals surface area contributed by atoms with Gasteiger partial charge in [-0.05, 0) is 122 Å². The number of hydrogen-bond donors (Lipinski definition) is 7. The van der Waals surface area contributed by atoms with E-state index in [1.807, 2.05) is 0 Å². The predicted molar refractivity (Wildman–Crippen MR) is 191 cm³/mol. The predicted octanol–water partition coefficient (Wildman–Crippen LogP) is 2.81. The minimum absolute atomic E-state index is 0.00339. The van der Waals surface area contributed by atoms with E-state index in [1.54, 1.807) is 0 Å². The summed E-state index contributed by atoms with van der Waals surface area (Å²) in [6.45, 7) is 17.9. The molecule has 7 fully saturated rings. The maximum Gasteiger partial charge on any atom is 0.314 e. The molecule has 0 amide bonds. The van der Waals surface area contributed by atoms with Crippen molar-refractivity contribution >= 4 is 5.97 Å². The van der Waals surface area contributed by atoms with Crippen LogP contribution in [0.2, 0.25) is 0 Å². The Morgan fingerprint density at radius 1 is 0.755 bits per heavy atom. The van der Waals surface area contributed by atoms with Gasteiger partial charge in [-0.1, -0.05) is 46.8 Å². The Bertz CT molecular complexity index is 1400. The van der Waals surface area contributed by atoms with Gasteiger partial charge in [0.05, 0.1) is 24.7 Å². The van der Waals surface area contributed by atoms with E-state index in [9.17, 15) is 40.5 Å². The van der Waals surface area contributed by atoms with Crippen molar-refractivity contribution in [1.82, 2.24) is 0 Å². The van der Waals surface area contributed by atoms with E-state index < -0.39 is 73.3 Å². The first kappa shape index (κ1) is 40.0. The lowest BCUT2D eigenvalue weighted by Crippen LogP contribution is -2.67. The summed E-state index contributed by atoms with van der Waals surface area (Å²) in [6.07, 6.45) is -3.62. The van der Waals surface area contributed by atoms with Crippen molar-refractivity contribution in [1.29, 1.82) is 0 Å². The molecule has 0 spiro atoms. The normalized spacial score (nSPS) is 54.8. The molecule has 2 saturated heterocycles. The summed E-state index contributed by atoms with van der Waals surface area (Å²) in [5.74, 6) is 0.739. The fourth-order valence-corrected chi connectivity index (χ4v) is 14.2. The van der Waals surface area contributed by atoms with E-state index in [0.717, 1.165) is 56.9 Å². The lowest BCUT2D eigenvalue weighted by molar-refractivity contribution is -0.312. The fourth-order valence-electron chi connectivity index (χ4n) is 14.2. The smallest absolute Gasteiger partial charge is 0.314 e. The van der Waals surface area contributed by atoms with Crippen LogP contribution in [0.15, 0.2) is 12.2 Å². The van der Waals surface area contributed by atoms with Crippen molar-refractivity contribution in [3.63, 3.8) is 0 Å². The average molecular weight is 751 g/mol. The Kier molecular flexibility index (Phi) is 10.4. The molecule has 7 aliphatic rings. The number of ether oxygens (including phenoxy) is 4. The van der Waals surface area contributed by atoms with Gasteiger partial charge in [-0.2, -0.15) is 0 Å². The maximum absolute atomic E-state index is 14.5. The summed E-state index contributed by atoms with van der Waals surface area (Å²) in [5, 5.41) is 72.3. The van der Waals surface area contributed by atoms with Gasteiger partial charge in [0.1, 0.15) is 42.7 Å². The summed E-state index contributed by atoms with van der Waals surface area (Å²) in [5.41, 5.74) is 0.00865. The first-order valence-corrected chi connectivity index (χ1v) is 20.3. The maximum atomic E-state index is 14.5. The third-order valence-electron chi connectivity index (χ3n) is 17.2. The number of carbonyl (C=O) groups is 1.